The van der Waals surface area contributed by atoms with Crippen LogP contribution < -0.4 is 0 Å². The number of cyclic esters (lactones) is 1. The van der Waals surface area contributed by atoms with E-state index in [2.05, 4.69) is 28.1 Å². The number of hydrogen-bond donors (Lipinski definition) is 0. The summed E-state index contributed by atoms with van der Waals surface area (Å²) in [6.07, 6.45) is 0.623. The van der Waals surface area contributed by atoms with Crippen molar-refractivity contribution in [1.29, 1.82) is 0 Å². The Bertz CT molecular complexity index is 640. The van der Waals surface area contributed by atoms with E-state index in [0.29, 0.717) is 12.2 Å². The monoisotopic (exact) mass is 302 g/mol. The van der Waals surface area contributed by atoms with Gasteiger partial charge in [-0.15, -0.1) is 0 Å². The van der Waals surface area contributed by atoms with Crippen molar-refractivity contribution in [3.8, 4) is 0 Å². The van der Waals surface area contributed by atoms with Gasteiger partial charge in [0.15, 0.2) is 0 Å². The molecular weight excluding hydrogens is 292 g/mol. The number of hydrogen-bond acceptors (Lipinski definition) is 2. The van der Waals surface area contributed by atoms with Crippen molar-refractivity contribution < 1.29 is 9.53 Å². The van der Waals surface area contributed by atoms with E-state index in [1.165, 1.54) is 0 Å². The molecule has 3 heteroatoms. The zero-order valence-corrected chi connectivity index (χ0v) is 11.2. The van der Waals surface area contributed by atoms with Crippen LogP contribution in [0.5, 0.6) is 0 Å². The third-order valence-corrected chi connectivity index (χ3v) is 3.75. The maximum Gasteiger partial charge on any atom is 0.318 e. The minimum Gasteiger partial charge on any atom is -0.430 e. The first-order valence-corrected chi connectivity index (χ1v) is 6.70. The molecule has 1 aliphatic rings. The van der Waals surface area contributed by atoms with Gasteiger partial charge < -0.3 is 4.74 Å². The molecule has 0 N–H and O–H groups in total. The second kappa shape index (κ2) is 4.58. The molecule has 90 valence electrons. The van der Waals surface area contributed by atoms with Crippen molar-refractivity contribution in [2.75, 3.05) is 0 Å². The molecule has 2 aromatic carbocycles. The van der Waals surface area contributed by atoms with Crippen molar-refractivity contribution >= 4 is 32.7 Å². The second-order valence-electron chi connectivity index (χ2n) is 4.32. The predicted octanol–water partition coefficient (Wildman–Crippen LogP) is 4.11. The summed E-state index contributed by atoms with van der Waals surface area (Å²) >= 11 is 3.21. The van der Waals surface area contributed by atoms with Gasteiger partial charge >= 0.3 is 5.97 Å². The molecule has 1 atom stereocenters. The maximum atomic E-state index is 11.9. The van der Waals surface area contributed by atoms with Crippen LogP contribution in [0.2, 0.25) is 0 Å². The Morgan fingerprint density at radius 2 is 1.94 bits per heavy atom. The third kappa shape index (κ3) is 1.85. The quantitative estimate of drug-likeness (QED) is 0.741. The van der Waals surface area contributed by atoms with Crippen LogP contribution in [-0.4, -0.2) is 5.97 Å². The first-order chi connectivity index (χ1) is 8.79. The van der Waals surface area contributed by atoms with E-state index in [-0.39, 0.29) is 11.9 Å². The Hall–Kier alpha value is -1.61. The minimum absolute atomic E-state index is 0.169. The van der Waals surface area contributed by atoms with Gasteiger partial charge in [0, 0.05) is 11.4 Å². The molecule has 2 nitrogen and oxygen atoms in total. The van der Waals surface area contributed by atoms with Gasteiger partial charge in [-0.3, -0.25) is 4.79 Å². The summed E-state index contributed by atoms with van der Waals surface area (Å²) in [5.41, 5.74) is 1.04. The van der Waals surface area contributed by atoms with Crippen molar-refractivity contribution in [2.45, 2.75) is 12.3 Å². The molecule has 1 saturated heterocycles. The highest BCUT2D eigenvalue weighted by atomic mass is 79.9. The van der Waals surface area contributed by atoms with E-state index in [4.69, 9.17) is 4.74 Å². The van der Waals surface area contributed by atoms with Crippen molar-refractivity contribution in [1.82, 2.24) is 0 Å². The van der Waals surface area contributed by atoms with E-state index < -0.39 is 0 Å². The summed E-state index contributed by atoms with van der Waals surface area (Å²) < 4.78 is 5.20. The molecule has 3 rings (SSSR count). The number of rotatable bonds is 1. The number of fused-ring (bicyclic) bond motifs is 1. The lowest BCUT2D eigenvalue weighted by atomic mass is 9.92. The highest BCUT2D eigenvalue weighted by Gasteiger charge is 2.32. The first kappa shape index (κ1) is 11.5. The summed E-state index contributed by atoms with van der Waals surface area (Å²) in [7, 11) is 0. The zero-order chi connectivity index (χ0) is 12.5. The van der Waals surface area contributed by atoms with Gasteiger partial charge in [-0.2, -0.15) is 0 Å². The topological polar surface area (TPSA) is 26.3 Å². The fraction of sp³-hybridized carbons (Fsp3) is 0.133. The second-order valence-corrected chi connectivity index (χ2v) is 4.78. The lowest BCUT2D eigenvalue weighted by molar-refractivity contribution is -0.136. The minimum atomic E-state index is -0.195. The fourth-order valence-electron chi connectivity index (χ4n) is 2.38. The molecule has 1 heterocycles. The Morgan fingerprint density at radius 3 is 2.72 bits per heavy atom. The summed E-state index contributed by atoms with van der Waals surface area (Å²) in [6.45, 7) is 0. The van der Waals surface area contributed by atoms with Crippen molar-refractivity contribution in [3.05, 3.63) is 58.8 Å². The lowest BCUT2D eigenvalue weighted by Gasteiger charge is -2.09. The number of allylic oxidation sites excluding steroid dienone is 1. The van der Waals surface area contributed by atoms with Crippen LogP contribution in [-0.2, 0) is 9.53 Å². The molecule has 0 unspecified atom stereocenters. The molecule has 2 aromatic rings. The smallest absolute Gasteiger partial charge is 0.318 e. The van der Waals surface area contributed by atoms with Crippen LogP contribution in [0.3, 0.4) is 0 Å². The van der Waals surface area contributed by atoms with Crippen LogP contribution in [0, 0.1) is 0 Å². The number of carbonyl (C=O) groups is 1. The van der Waals surface area contributed by atoms with Gasteiger partial charge in [-0.05, 0) is 16.3 Å². The highest BCUT2D eigenvalue weighted by molar-refractivity contribution is 9.11. The molecular formula is C15H11BrO2. The SMILES string of the molecule is O=C1O/C(=C/Br)C[C@@H]1c1cccc2ccccc12. The van der Waals surface area contributed by atoms with Crippen molar-refractivity contribution in [3.63, 3.8) is 0 Å². The first-order valence-electron chi connectivity index (χ1n) is 5.78. The van der Waals surface area contributed by atoms with E-state index in [0.717, 1.165) is 16.3 Å². The molecule has 0 spiro atoms. The number of halogens is 1. The van der Waals surface area contributed by atoms with Gasteiger partial charge in [-0.25, -0.2) is 0 Å². The van der Waals surface area contributed by atoms with E-state index in [1.807, 2.05) is 30.3 Å². The van der Waals surface area contributed by atoms with Gasteiger partial charge in [0.05, 0.1) is 5.92 Å². The van der Waals surface area contributed by atoms with Crippen LogP contribution in [0.15, 0.2) is 53.2 Å². The summed E-state index contributed by atoms with van der Waals surface area (Å²) in [5, 5.41) is 2.27. The molecule has 1 aliphatic heterocycles. The van der Waals surface area contributed by atoms with Gasteiger partial charge in [0.25, 0.3) is 0 Å². The normalized spacial score (nSPS) is 21.5. The summed E-state index contributed by atoms with van der Waals surface area (Å²) in [6, 6.07) is 14.1. The number of esters is 1. The predicted molar refractivity (Wildman–Crippen MR) is 74.4 cm³/mol. The molecule has 0 aliphatic carbocycles. The Morgan fingerprint density at radius 1 is 1.17 bits per heavy atom. The number of carbonyl (C=O) groups excluding carboxylic acids is 1. The number of ether oxygens (including phenoxy) is 1. The van der Waals surface area contributed by atoms with Gasteiger partial charge in [0.1, 0.15) is 5.76 Å². The standard InChI is InChI=1S/C15H11BrO2/c16-9-11-8-14(15(17)18-11)13-7-3-5-10-4-1-2-6-12(10)13/h1-7,9,14H,8H2/b11-9+/t14-/m1/s1. The van der Waals surface area contributed by atoms with Crippen LogP contribution in [0.4, 0.5) is 0 Å². The molecule has 1 fully saturated rings. The van der Waals surface area contributed by atoms with E-state index in [9.17, 15) is 4.79 Å². The average Bonchev–Trinajstić information content (AvgIpc) is 2.79. The Kier molecular flexibility index (Phi) is 2.92. The average molecular weight is 303 g/mol. The van der Waals surface area contributed by atoms with Gasteiger partial charge in [0.2, 0.25) is 0 Å². The van der Waals surface area contributed by atoms with Crippen LogP contribution >= 0.6 is 15.9 Å². The largest absolute Gasteiger partial charge is 0.430 e. The number of benzene rings is 2. The Labute approximate surface area is 113 Å². The molecule has 0 saturated carbocycles. The lowest BCUT2D eigenvalue weighted by Crippen LogP contribution is -2.05. The molecule has 18 heavy (non-hydrogen) atoms. The molecule has 0 bridgehead atoms. The van der Waals surface area contributed by atoms with E-state index in [1.54, 1.807) is 4.99 Å². The third-order valence-electron chi connectivity index (χ3n) is 3.24. The highest BCUT2D eigenvalue weighted by Crippen LogP contribution is 2.36. The van der Waals surface area contributed by atoms with Crippen LogP contribution in [0.1, 0.15) is 17.9 Å². The molecule has 0 radical (unpaired) electrons. The Balaban J connectivity index is 2.13. The fourth-order valence-corrected chi connectivity index (χ4v) is 2.66. The van der Waals surface area contributed by atoms with Crippen LogP contribution in [0.25, 0.3) is 10.8 Å². The van der Waals surface area contributed by atoms with Gasteiger partial charge in [-0.1, -0.05) is 58.4 Å². The molecule has 0 amide bonds. The van der Waals surface area contributed by atoms with E-state index >= 15 is 0 Å². The summed E-state index contributed by atoms with van der Waals surface area (Å²) in [5.74, 6) is 0.329. The molecule has 0 aromatic heterocycles. The van der Waals surface area contributed by atoms with Crippen molar-refractivity contribution in [2.24, 2.45) is 0 Å². The summed E-state index contributed by atoms with van der Waals surface area (Å²) in [4.78, 5) is 13.6. The zero-order valence-electron chi connectivity index (χ0n) is 9.60. The maximum absolute atomic E-state index is 11.9.